The Morgan fingerprint density at radius 1 is 1.42 bits per heavy atom. The normalized spacial score (nSPS) is 10.5. The molecule has 4 heteroatoms. The van der Waals surface area contributed by atoms with Crippen molar-refractivity contribution in [1.82, 2.24) is 5.32 Å². The highest BCUT2D eigenvalue weighted by atomic mass is 16.1. The molecule has 0 radical (unpaired) electrons. The van der Waals surface area contributed by atoms with Gasteiger partial charge in [0.2, 0.25) is 0 Å². The lowest BCUT2D eigenvalue weighted by Crippen LogP contribution is -2.24. The van der Waals surface area contributed by atoms with Crippen LogP contribution in [0.15, 0.2) is 42.5 Å². The summed E-state index contributed by atoms with van der Waals surface area (Å²) < 4.78 is 0. The van der Waals surface area contributed by atoms with Crippen molar-refractivity contribution in [2.45, 2.75) is 0 Å². The Morgan fingerprint density at radius 3 is 2.53 bits per heavy atom. The van der Waals surface area contributed by atoms with Crippen LogP contribution in [0.2, 0.25) is 0 Å². The smallest absolute Gasteiger partial charge is 0.262 e. The molecule has 0 unspecified atom stereocenters. The number of nitrogens with one attached hydrogen (secondary N) is 1. The predicted molar refractivity (Wildman–Crippen MR) is 77.6 cm³/mol. The second-order valence-electron chi connectivity index (χ2n) is 4.15. The van der Waals surface area contributed by atoms with Crippen LogP contribution in [0.1, 0.15) is 5.56 Å². The van der Waals surface area contributed by atoms with E-state index in [4.69, 9.17) is 5.26 Å². The summed E-state index contributed by atoms with van der Waals surface area (Å²) in [5.74, 6) is -0.390. The summed E-state index contributed by atoms with van der Waals surface area (Å²) in [6.07, 6.45) is 3.14. The molecule has 0 aromatic heterocycles. The van der Waals surface area contributed by atoms with E-state index in [1.54, 1.807) is 12.2 Å². The van der Waals surface area contributed by atoms with Gasteiger partial charge in [0, 0.05) is 26.3 Å². The van der Waals surface area contributed by atoms with Gasteiger partial charge >= 0.3 is 0 Å². The molecule has 98 valence electrons. The predicted octanol–water partition coefficient (Wildman–Crippen LogP) is 1.96. The molecule has 0 spiro atoms. The summed E-state index contributed by atoms with van der Waals surface area (Å²) in [6, 6.07) is 9.50. The number of benzene rings is 1. The highest BCUT2D eigenvalue weighted by Crippen LogP contribution is 2.14. The third-order valence-electron chi connectivity index (χ3n) is 2.49. The number of hydrogen-bond donors (Lipinski definition) is 1. The van der Waals surface area contributed by atoms with Gasteiger partial charge in [0.15, 0.2) is 0 Å². The van der Waals surface area contributed by atoms with E-state index in [1.807, 2.05) is 49.3 Å². The molecule has 1 N–H and O–H groups in total. The summed E-state index contributed by atoms with van der Waals surface area (Å²) in [4.78, 5) is 13.6. The molecule has 0 fully saturated rings. The number of nitriles is 1. The highest BCUT2D eigenvalue weighted by molar-refractivity contribution is 6.01. The molecule has 0 saturated heterocycles. The van der Waals surface area contributed by atoms with E-state index in [2.05, 4.69) is 11.9 Å². The number of anilines is 1. The fourth-order valence-corrected chi connectivity index (χ4v) is 1.44. The average molecular weight is 255 g/mol. The fraction of sp³-hybridized carbons (Fsp3) is 0.200. The average Bonchev–Trinajstić information content (AvgIpc) is 2.42. The van der Waals surface area contributed by atoms with E-state index >= 15 is 0 Å². The molecule has 0 saturated carbocycles. The van der Waals surface area contributed by atoms with Crippen molar-refractivity contribution < 1.29 is 4.79 Å². The number of amides is 1. The van der Waals surface area contributed by atoms with Crippen LogP contribution in [-0.4, -0.2) is 26.5 Å². The molecule has 1 rings (SSSR count). The van der Waals surface area contributed by atoms with Crippen LogP contribution in [0, 0.1) is 11.3 Å². The van der Waals surface area contributed by atoms with Crippen LogP contribution in [0.5, 0.6) is 0 Å². The second kappa shape index (κ2) is 7.02. The zero-order valence-corrected chi connectivity index (χ0v) is 11.2. The summed E-state index contributed by atoms with van der Waals surface area (Å²) in [7, 11) is 3.91. The van der Waals surface area contributed by atoms with Gasteiger partial charge in [-0.3, -0.25) is 4.79 Å². The molecular weight excluding hydrogens is 238 g/mol. The first-order valence-electron chi connectivity index (χ1n) is 5.86. The van der Waals surface area contributed by atoms with Crippen molar-refractivity contribution in [2.75, 3.05) is 25.5 Å². The third-order valence-corrected chi connectivity index (χ3v) is 2.49. The zero-order chi connectivity index (χ0) is 14.3. The van der Waals surface area contributed by atoms with Gasteiger partial charge in [0.05, 0.1) is 0 Å². The minimum absolute atomic E-state index is 0.0828. The molecule has 19 heavy (non-hydrogen) atoms. The van der Waals surface area contributed by atoms with Crippen LogP contribution in [0.25, 0.3) is 6.08 Å². The second-order valence-corrected chi connectivity index (χ2v) is 4.15. The first-order valence-corrected chi connectivity index (χ1v) is 5.86. The zero-order valence-electron chi connectivity index (χ0n) is 11.2. The maximum Gasteiger partial charge on any atom is 0.262 e. The lowest BCUT2D eigenvalue weighted by Gasteiger charge is -2.11. The van der Waals surface area contributed by atoms with Gasteiger partial charge < -0.3 is 10.2 Å². The van der Waals surface area contributed by atoms with Gasteiger partial charge in [-0.25, -0.2) is 0 Å². The van der Waals surface area contributed by atoms with Crippen molar-refractivity contribution in [3.05, 3.63) is 48.1 Å². The van der Waals surface area contributed by atoms with E-state index in [0.29, 0.717) is 6.54 Å². The highest BCUT2D eigenvalue weighted by Gasteiger charge is 2.07. The van der Waals surface area contributed by atoms with Crippen molar-refractivity contribution in [3.8, 4) is 6.07 Å². The van der Waals surface area contributed by atoms with Crippen molar-refractivity contribution in [3.63, 3.8) is 0 Å². The molecule has 1 amide bonds. The monoisotopic (exact) mass is 255 g/mol. The van der Waals surface area contributed by atoms with Gasteiger partial charge in [0.1, 0.15) is 11.6 Å². The Morgan fingerprint density at radius 2 is 2.05 bits per heavy atom. The lowest BCUT2D eigenvalue weighted by atomic mass is 10.1. The van der Waals surface area contributed by atoms with E-state index in [0.717, 1.165) is 11.3 Å². The van der Waals surface area contributed by atoms with Gasteiger partial charge in [-0.05, 0) is 23.8 Å². The molecule has 0 heterocycles. The standard InChI is InChI=1S/C15H17N3O/c1-4-9-17-15(19)13(11-16)10-12-5-7-14(8-6-12)18(2)3/h4-8,10H,1,9H2,2-3H3,(H,17,19). The van der Waals surface area contributed by atoms with Crippen LogP contribution < -0.4 is 10.2 Å². The van der Waals surface area contributed by atoms with E-state index in [9.17, 15) is 4.79 Å². The largest absolute Gasteiger partial charge is 0.378 e. The number of hydrogen-bond acceptors (Lipinski definition) is 3. The Kier molecular flexibility index (Phi) is 5.36. The summed E-state index contributed by atoms with van der Waals surface area (Å²) in [5, 5.41) is 11.6. The van der Waals surface area contributed by atoms with Crippen LogP contribution >= 0.6 is 0 Å². The van der Waals surface area contributed by atoms with E-state index in [1.165, 1.54) is 0 Å². The SMILES string of the molecule is C=CCNC(=O)C(C#N)=Cc1ccc(N(C)C)cc1. The Bertz CT molecular complexity index is 521. The van der Waals surface area contributed by atoms with Crippen LogP contribution in [-0.2, 0) is 4.79 Å². The van der Waals surface area contributed by atoms with Gasteiger partial charge in [0.25, 0.3) is 5.91 Å². The van der Waals surface area contributed by atoms with Crippen molar-refractivity contribution >= 4 is 17.7 Å². The lowest BCUT2D eigenvalue weighted by molar-refractivity contribution is -0.116. The summed E-state index contributed by atoms with van der Waals surface area (Å²) >= 11 is 0. The Hall–Kier alpha value is -2.54. The van der Waals surface area contributed by atoms with Gasteiger partial charge in [-0.1, -0.05) is 18.2 Å². The number of carbonyl (C=O) groups excluding carboxylic acids is 1. The van der Waals surface area contributed by atoms with E-state index < -0.39 is 0 Å². The third kappa shape index (κ3) is 4.32. The maximum atomic E-state index is 11.7. The molecule has 0 aliphatic heterocycles. The maximum absolute atomic E-state index is 11.7. The topological polar surface area (TPSA) is 56.1 Å². The number of carbonyl (C=O) groups is 1. The van der Waals surface area contributed by atoms with Gasteiger partial charge in [-0.15, -0.1) is 6.58 Å². The van der Waals surface area contributed by atoms with Crippen LogP contribution in [0.4, 0.5) is 5.69 Å². The molecule has 4 nitrogen and oxygen atoms in total. The molecule has 0 aliphatic rings. The quantitative estimate of drug-likeness (QED) is 0.497. The summed E-state index contributed by atoms with van der Waals surface area (Å²) in [6.45, 7) is 3.85. The minimum atomic E-state index is -0.390. The molecule has 0 aliphatic carbocycles. The molecule has 0 bridgehead atoms. The Labute approximate surface area is 113 Å². The molecular formula is C15H17N3O. The number of rotatable bonds is 5. The van der Waals surface area contributed by atoms with Crippen molar-refractivity contribution in [1.29, 1.82) is 5.26 Å². The minimum Gasteiger partial charge on any atom is -0.378 e. The first-order chi connectivity index (χ1) is 9.08. The molecule has 0 atom stereocenters. The fourth-order valence-electron chi connectivity index (χ4n) is 1.44. The first kappa shape index (κ1) is 14.5. The summed E-state index contributed by atoms with van der Waals surface area (Å²) in [5.41, 5.74) is 1.96. The Balaban J connectivity index is 2.89. The number of nitrogens with zero attached hydrogens (tertiary/aromatic N) is 2. The van der Waals surface area contributed by atoms with Crippen molar-refractivity contribution in [2.24, 2.45) is 0 Å². The van der Waals surface area contributed by atoms with E-state index in [-0.39, 0.29) is 11.5 Å². The van der Waals surface area contributed by atoms with Crippen LogP contribution in [0.3, 0.4) is 0 Å². The molecule has 1 aromatic carbocycles. The van der Waals surface area contributed by atoms with Gasteiger partial charge in [-0.2, -0.15) is 5.26 Å². The molecule has 1 aromatic rings.